The summed E-state index contributed by atoms with van der Waals surface area (Å²) >= 11 is 0. The predicted octanol–water partition coefficient (Wildman–Crippen LogP) is 4.08. The number of aromatic nitrogens is 1. The van der Waals surface area contributed by atoms with Gasteiger partial charge in [0.25, 0.3) is 5.92 Å². The molecule has 2 heterocycles. The fourth-order valence-corrected chi connectivity index (χ4v) is 2.82. The lowest BCUT2D eigenvalue weighted by Crippen LogP contribution is -2.40. The first-order chi connectivity index (χ1) is 10.7. The number of piperidine rings is 1. The molecule has 0 bridgehead atoms. The van der Waals surface area contributed by atoms with Crippen LogP contribution in [-0.2, 0) is 6.18 Å². The van der Waals surface area contributed by atoms with Crippen molar-refractivity contribution in [1.29, 1.82) is 5.26 Å². The molecule has 1 saturated carbocycles. The third-order valence-corrected chi connectivity index (χ3v) is 4.23. The molecule has 3 rings (SSSR count). The summed E-state index contributed by atoms with van der Waals surface area (Å²) in [7, 11) is 0. The van der Waals surface area contributed by atoms with Gasteiger partial charge >= 0.3 is 6.18 Å². The molecule has 1 aromatic rings. The number of nitriles is 1. The molecular weight excluding hydrogens is 317 g/mol. The molecule has 1 aliphatic carbocycles. The highest BCUT2D eigenvalue weighted by Gasteiger charge is 2.42. The second kappa shape index (κ2) is 5.32. The summed E-state index contributed by atoms with van der Waals surface area (Å²) in [5.74, 6) is -3.17. The van der Waals surface area contributed by atoms with Crippen molar-refractivity contribution < 1.29 is 22.0 Å². The van der Waals surface area contributed by atoms with Gasteiger partial charge in [0.2, 0.25) is 0 Å². The number of anilines is 1. The van der Waals surface area contributed by atoms with Crippen LogP contribution in [0.4, 0.5) is 27.8 Å². The topological polar surface area (TPSA) is 39.9 Å². The van der Waals surface area contributed by atoms with Gasteiger partial charge in [0, 0.05) is 25.9 Å². The van der Waals surface area contributed by atoms with Gasteiger partial charge in [-0.25, -0.2) is 13.8 Å². The monoisotopic (exact) mass is 331 g/mol. The van der Waals surface area contributed by atoms with E-state index in [4.69, 9.17) is 0 Å². The van der Waals surface area contributed by atoms with E-state index in [-0.39, 0.29) is 36.0 Å². The lowest BCUT2D eigenvalue weighted by Gasteiger charge is -2.33. The Kier molecular flexibility index (Phi) is 3.69. The van der Waals surface area contributed by atoms with Gasteiger partial charge in [0.1, 0.15) is 17.6 Å². The molecular formula is C15H14F5N3. The van der Waals surface area contributed by atoms with Gasteiger partial charge in [-0.2, -0.15) is 18.4 Å². The summed E-state index contributed by atoms with van der Waals surface area (Å²) < 4.78 is 66.2. The van der Waals surface area contributed by atoms with E-state index in [0.717, 1.165) is 0 Å². The Morgan fingerprint density at radius 2 is 1.83 bits per heavy atom. The third-order valence-electron chi connectivity index (χ3n) is 4.23. The zero-order valence-electron chi connectivity index (χ0n) is 12.1. The van der Waals surface area contributed by atoms with Crippen molar-refractivity contribution in [3.05, 3.63) is 22.9 Å². The van der Waals surface area contributed by atoms with E-state index in [0.29, 0.717) is 12.8 Å². The first-order valence-corrected chi connectivity index (χ1v) is 7.36. The van der Waals surface area contributed by atoms with Crippen molar-refractivity contribution in [2.45, 2.75) is 43.7 Å². The number of hydrogen-bond acceptors (Lipinski definition) is 3. The van der Waals surface area contributed by atoms with E-state index in [1.807, 2.05) is 6.07 Å². The molecule has 0 unspecified atom stereocenters. The number of pyridine rings is 1. The summed E-state index contributed by atoms with van der Waals surface area (Å²) in [6.07, 6.45) is -4.24. The molecule has 0 aromatic carbocycles. The van der Waals surface area contributed by atoms with Crippen molar-refractivity contribution in [2.24, 2.45) is 0 Å². The maximum atomic E-state index is 13.3. The summed E-state index contributed by atoms with van der Waals surface area (Å²) in [6, 6.07) is 3.09. The first-order valence-electron chi connectivity index (χ1n) is 7.36. The second-order valence-corrected chi connectivity index (χ2v) is 6.02. The van der Waals surface area contributed by atoms with Crippen LogP contribution in [0.15, 0.2) is 6.07 Å². The van der Waals surface area contributed by atoms with Gasteiger partial charge in [-0.15, -0.1) is 0 Å². The molecule has 2 fully saturated rings. The molecule has 1 aromatic heterocycles. The second-order valence-electron chi connectivity index (χ2n) is 6.02. The lowest BCUT2D eigenvalue weighted by molar-refractivity contribution is -0.141. The Hall–Kier alpha value is -1.91. The zero-order valence-corrected chi connectivity index (χ0v) is 12.1. The highest BCUT2D eigenvalue weighted by atomic mass is 19.4. The number of hydrogen-bond donors (Lipinski definition) is 0. The molecule has 0 radical (unpaired) electrons. The van der Waals surface area contributed by atoms with Gasteiger partial charge in [0.15, 0.2) is 0 Å². The molecule has 3 nitrogen and oxygen atoms in total. The molecule has 23 heavy (non-hydrogen) atoms. The van der Waals surface area contributed by atoms with Crippen LogP contribution in [0, 0.1) is 11.3 Å². The van der Waals surface area contributed by atoms with E-state index < -0.39 is 30.6 Å². The largest absolute Gasteiger partial charge is 0.433 e. The average Bonchev–Trinajstić information content (AvgIpc) is 3.29. The number of rotatable bonds is 2. The SMILES string of the molecule is N#Cc1cc(C2CC2)c(C(F)(F)F)nc1N1CCC(F)(F)CC1. The van der Waals surface area contributed by atoms with Crippen molar-refractivity contribution >= 4 is 5.82 Å². The number of alkyl halides is 5. The maximum Gasteiger partial charge on any atom is 0.433 e. The summed E-state index contributed by atoms with van der Waals surface area (Å²) in [6.45, 7) is -0.233. The molecule has 0 atom stereocenters. The Bertz CT molecular complexity index is 648. The van der Waals surface area contributed by atoms with Gasteiger partial charge in [-0.05, 0) is 30.4 Å². The van der Waals surface area contributed by atoms with Crippen molar-refractivity contribution in [3.63, 3.8) is 0 Å². The van der Waals surface area contributed by atoms with Gasteiger partial charge in [-0.3, -0.25) is 0 Å². The highest BCUT2D eigenvalue weighted by Crippen LogP contribution is 2.46. The van der Waals surface area contributed by atoms with Crippen LogP contribution in [0.1, 0.15) is 48.4 Å². The van der Waals surface area contributed by atoms with E-state index in [1.54, 1.807) is 0 Å². The Balaban J connectivity index is 2.01. The predicted molar refractivity (Wildman–Crippen MR) is 72.3 cm³/mol. The van der Waals surface area contributed by atoms with Crippen LogP contribution in [0.25, 0.3) is 0 Å². The minimum atomic E-state index is -4.62. The Morgan fingerprint density at radius 3 is 2.30 bits per heavy atom. The quantitative estimate of drug-likeness (QED) is 0.767. The number of nitrogens with zero attached hydrogens (tertiary/aromatic N) is 3. The van der Waals surface area contributed by atoms with Crippen LogP contribution in [0.5, 0.6) is 0 Å². The van der Waals surface area contributed by atoms with Gasteiger partial charge in [0.05, 0.1) is 5.56 Å². The molecule has 2 aliphatic rings. The fraction of sp³-hybridized carbons (Fsp3) is 0.600. The molecule has 0 N–H and O–H groups in total. The molecule has 0 amide bonds. The summed E-state index contributed by atoms with van der Waals surface area (Å²) in [5.41, 5.74) is -0.934. The average molecular weight is 331 g/mol. The molecule has 0 spiro atoms. The number of halogens is 5. The van der Waals surface area contributed by atoms with E-state index in [9.17, 15) is 27.2 Å². The van der Waals surface area contributed by atoms with Gasteiger partial charge < -0.3 is 4.90 Å². The third kappa shape index (κ3) is 3.23. The standard InChI is InChI=1S/C15H14F5N3/c16-14(17)3-5-23(6-4-14)13-10(8-21)7-11(9-1-2-9)12(22-13)15(18,19)20/h7,9H,1-6H2. The van der Waals surface area contributed by atoms with Crippen molar-refractivity contribution in [1.82, 2.24) is 4.98 Å². The molecule has 1 aliphatic heterocycles. The van der Waals surface area contributed by atoms with Crippen LogP contribution in [-0.4, -0.2) is 24.0 Å². The van der Waals surface area contributed by atoms with Crippen LogP contribution < -0.4 is 4.90 Å². The minimum Gasteiger partial charge on any atom is -0.355 e. The normalized spacial score (nSPS) is 21.1. The maximum absolute atomic E-state index is 13.3. The highest BCUT2D eigenvalue weighted by molar-refractivity contribution is 5.57. The molecule has 124 valence electrons. The Morgan fingerprint density at radius 1 is 1.22 bits per heavy atom. The van der Waals surface area contributed by atoms with E-state index in [2.05, 4.69) is 4.98 Å². The summed E-state index contributed by atoms with van der Waals surface area (Å²) in [5, 5.41) is 9.23. The van der Waals surface area contributed by atoms with Crippen LogP contribution >= 0.6 is 0 Å². The minimum absolute atomic E-state index is 0.0186. The zero-order chi connectivity index (χ0) is 16.8. The van der Waals surface area contributed by atoms with Crippen molar-refractivity contribution in [3.8, 4) is 6.07 Å². The van der Waals surface area contributed by atoms with Crippen LogP contribution in [0.2, 0.25) is 0 Å². The fourth-order valence-electron chi connectivity index (χ4n) is 2.82. The molecule has 8 heteroatoms. The molecule has 1 saturated heterocycles. The lowest BCUT2D eigenvalue weighted by atomic mass is 10.0. The summed E-state index contributed by atoms with van der Waals surface area (Å²) in [4.78, 5) is 5.03. The van der Waals surface area contributed by atoms with Crippen molar-refractivity contribution in [2.75, 3.05) is 18.0 Å². The Labute approximate surface area is 129 Å². The first kappa shape index (κ1) is 16.0. The smallest absolute Gasteiger partial charge is 0.355 e. The van der Waals surface area contributed by atoms with Gasteiger partial charge in [-0.1, -0.05) is 0 Å². The van der Waals surface area contributed by atoms with Crippen LogP contribution in [0.3, 0.4) is 0 Å². The van der Waals surface area contributed by atoms with E-state index in [1.165, 1.54) is 11.0 Å². The van der Waals surface area contributed by atoms with E-state index >= 15 is 0 Å².